The number of furan rings is 1. The number of hydrogen-bond donors (Lipinski definition) is 1. The number of ether oxygens (including phenoxy) is 3. The molecule has 6 nitrogen and oxygen atoms in total. The Bertz CT molecular complexity index is 696. The third-order valence-electron chi connectivity index (χ3n) is 4.61. The number of nitrogens with zero attached hydrogens (tertiary/aromatic N) is 1. The summed E-state index contributed by atoms with van der Waals surface area (Å²) in [5.41, 5.74) is 0.998. The van der Waals surface area contributed by atoms with E-state index in [9.17, 15) is 5.11 Å². The van der Waals surface area contributed by atoms with E-state index in [0.29, 0.717) is 24.6 Å². The maximum atomic E-state index is 10.1. The minimum Gasteiger partial charge on any atom is -0.502 e. The van der Waals surface area contributed by atoms with Crippen molar-refractivity contribution in [2.75, 3.05) is 27.4 Å². The van der Waals surface area contributed by atoms with Gasteiger partial charge in [0.2, 0.25) is 5.75 Å². The monoisotopic (exact) mass is 361 g/mol. The van der Waals surface area contributed by atoms with Crippen molar-refractivity contribution in [1.82, 2.24) is 4.90 Å². The third kappa shape index (κ3) is 4.51. The van der Waals surface area contributed by atoms with Crippen LogP contribution in [0.25, 0.3) is 0 Å². The summed E-state index contributed by atoms with van der Waals surface area (Å²) in [7, 11) is 3.07. The molecule has 3 rings (SSSR count). The molecular formula is C20H27NO5. The second kappa shape index (κ2) is 8.47. The van der Waals surface area contributed by atoms with Crippen molar-refractivity contribution in [3.05, 3.63) is 41.3 Å². The lowest BCUT2D eigenvalue weighted by Crippen LogP contribution is -2.31. The first-order chi connectivity index (χ1) is 12.6. The van der Waals surface area contributed by atoms with Crippen LogP contribution in [0.15, 0.2) is 28.7 Å². The zero-order valence-corrected chi connectivity index (χ0v) is 15.7. The first kappa shape index (κ1) is 18.6. The highest BCUT2D eigenvalue weighted by Gasteiger charge is 2.21. The van der Waals surface area contributed by atoms with Crippen LogP contribution in [0.2, 0.25) is 0 Å². The number of phenolic OH excluding ortho intramolecular Hbond substituents is 1. The molecular weight excluding hydrogens is 334 g/mol. The van der Waals surface area contributed by atoms with Gasteiger partial charge in [0.05, 0.1) is 26.9 Å². The van der Waals surface area contributed by atoms with Gasteiger partial charge in [0.1, 0.15) is 11.5 Å². The summed E-state index contributed by atoms with van der Waals surface area (Å²) in [6.07, 6.45) is 2.43. The van der Waals surface area contributed by atoms with Gasteiger partial charge >= 0.3 is 0 Å². The van der Waals surface area contributed by atoms with Crippen LogP contribution >= 0.6 is 0 Å². The second-order valence-electron chi connectivity index (χ2n) is 6.67. The quantitative estimate of drug-likeness (QED) is 0.776. The summed E-state index contributed by atoms with van der Waals surface area (Å²) in [5, 5.41) is 10.1. The van der Waals surface area contributed by atoms with Crippen molar-refractivity contribution >= 4 is 0 Å². The molecule has 6 heteroatoms. The van der Waals surface area contributed by atoms with Crippen LogP contribution in [-0.2, 0) is 17.8 Å². The largest absolute Gasteiger partial charge is 0.502 e. The van der Waals surface area contributed by atoms with Gasteiger partial charge in [0.15, 0.2) is 11.5 Å². The molecule has 0 unspecified atom stereocenters. The SMILES string of the molecule is COc1cc(CN(Cc2ccc(C)o2)C[C@H]2CCCO2)cc(OC)c1O. The van der Waals surface area contributed by atoms with E-state index < -0.39 is 0 Å². The Hall–Kier alpha value is -2.18. The lowest BCUT2D eigenvalue weighted by Gasteiger charge is -2.25. The number of hydrogen-bond acceptors (Lipinski definition) is 6. The van der Waals surface area contributed by atoms with E-state index in [-0.39, 0.29) is 11.9 Å². The van der Waals surface area contributed by atoms with E-state index in [1.807, 2.05) is 31.2 Å². The smallest absolute Gasteiger partial charge is 0.200 e. The summed E-state index contributed by atoms with van der Waals surface area (Å²) in [6, 6.07) is 7.67. The van der Waals surface area contributed by atoms with Crippen LogP contribution in [0.5, 0.6) is 17.2 Å². The van der Waals surface area contributed by atoms with Crippen LogP contribution < -0.4 is 9.47 Å². The molecule has 26 heavy (non-hydrogen) atoms. The second-order valence-corrected chi connectivity index (χ2v) is 6.67. The van der Waals surface area contributed by atoms with E-state index in [2.05, 4.69) is 4.90 Å². The number of aryl methyl sites for hydroxylation is 1. The van der Waals surface area contributed by atoms with Crippen molar-refractivity contribution in [2.45, 2.75) is 39.0 Å². The van der Waals surface area contributed by atoms with Gasteiger partial charge in [0.25, 0.3) is 0 Å². The molecule has 1 N–H and O–H groups in total. The number of aromatic hydroxyl groups is 1. The molecule has 1 aromatic heterocycles. The third-order valence-corrected chi connectivity index (χ3v) is 4.61. The summed E-state index contributed by atoms with van der Waals surface area (Å²) in [4.78, 5) is 2.29. The fourth-order valence-corrected chi connectivity index (χ4v) is 3.35. The van der Waals surface area contributed by atoms with E-state index in [4.69, 9.17) is 18.6 Å². The predicted molar refractivity (Wildman–Crippen MR) is 97.7 cm³/mol. The molecule has 1 saturated heterocycles. The van der Waals surface area contributed by atoms with E-state index in [1.165, 1.54) is 14.2 Å². The average Bonchev–Trinajstić information content (AvgIpc) is 3.28. The topological polar surface area (TPSA) is 64.3 Å². The van der Waals surface area contributed by atoms with Gasteiger partial charge in [-0.05, 0) is 49.6 Å². The van der Waals surface area contributed by atoms with Crippen molar-refractivity contribution in [1.29, 1.82) is 0 Å². The number of rotatable bonds is 8. The lowest BCUT2D eigenvalue weighted by atomic mass is 10.1. The van der Waals surface area contributed by atoms with Crippen LogP contribution in [0.3, 0.4) is 0 Å². The van der Waals surface area contributed by atoms with Gasteiger partial charge in [-0.3, -0.25) is 4.90 Å². The molecule has 0 aliphatic carbocycles. The van der Waals surface area contributed by atoms with Gasteiger partial charge in [0, 0.05) is 19.7 Å². The molecule has 0 spiro atoms. The summed E-state index contributed by atoms with van der Waals surface area (Å²) in [5.74, 6) is 2.67. The highest BCUT2D eigenvalue weighted by atomic mass is 16.5. The molecule has 142 valence electrons. The van der Waals surface area contributed by atoms with E-state index in [0.717, 1.165) is 43.1 Å². The zero-order valence-electron chi connectivity index (χ0n) is 15.7. The molecule has 1 atom stereocenters. The highest BCUT2D eigenvalue weighted by Crippen LogP contribution is 2.37. The molecule has 2 aromatic rings. The van der Waals surface area contributed by atoms with Gasteiger partial charge in [-0.25, -0.2) is 0 Å². The zero-order chi connectivity index (χ0) is 18.5. The van der Waals surface area contributed by atoms with Crippen molar-refractivity contribution < 1.29 is 23.7 Å². The number of benzene rings is 1. The highest BCUT2D eigenvalue weighted by molar-refractivity contribution is 5.52. The lowest BCUT2D eigenvalue weighted by molar-refractivity contribution is 0.0653. The van der Waals surface area contributed by atoms with Crippen LogP contribution in [0.1, 0.15) is 29.9 Å². The van der Waals surface area contributed by atoms with Crippen LogP contribution in [0, 0.1) is 6.92 Å². The van der Waals surface area contributed by atoms with Gasteiger partial charge in [-0.1, -0.05) is 0 Å². The fourth-order valence-electron chi connectivity index (χ4n) is 3.35. The molecule has 1 fully saturated rings. The molecule has 1 aliphatic heterocycles. The normalized spacial score (nSPS) is 17.0. The van der Waals surface area contributed by atoms with Crippen molar-refractivity contribution in [2.24, 2.45) is 0 Å². The Morgan fingerprint density at radius 2 is 1.88 bits per heavy atom. The maximum Gasteiger partial charge on any atom is 0.200 e. The molecule has 1 aromatic carbocycles. The van der Waals surface area contributed by atoms with Gasteiger partial charge < -0.3 is 23.7 Å². The Balaban J connectivity index is 1.79. The first-order valence-electron chi connectivity index (χ1n) is 8.92. The molecule has 0 amide bonds. The Morgan fingerprint density at radius 1 is 1.15 bits per heavy atom. The average molecular weight is 361 g/mol. The summed E-state index contributed by atoms with van der Waals surface area (Å²) in [6.45, 7) is 4.97. The minimum atomic E-state index is 0.0195. The molecule has 0 bridgehead atoms. The molecule has 0 saturated carbocycles. The standard InChI is InChI=1S/C20H27NO5/c1-14-6-7-17(26-14)13-21(12-16-5-4-8-25-16)11-15-9-18(23-2)20(22)19(10-15)24-3/h6-7,9-10,16,22H,4-5,8,11-13H2,1-3H3/t16-/m1/s1. The number of methoxy groups -OCH3 is 2. The Kier molecular flexibility index (Phi) is 6.06. The van der Waals surface area contributed by atoms with Gasteiger partial charge in [-0.15, -0.1) is 0 Å². The van der Waals surface area contributed by atoms with Crippen molar-refractivity contribution in [3.63, 3.8) is 0 Å². The summed E-state index contributed by atoms with van der Waals surface area (Å²) >= 11 is 0. The van der Waals surface area contributed by atoms with Gasteiger partial charge in [-0.2, -0.15) is 0 Å². The maximum absolute atomic E-state index is 10.1. The minimum absolute atomic E-state index is 0.0195. The molecule has 0 radical (unpaired) electrons. The van der Waals surface area contributed by atoms with Crippen molar-refractivity contribution in [3.8, 4) is 17.2 Å². The fraction of sp³-hybridized carbons (Fsp3) is 0.500. The number of phenols is 1. The van der Waals surface area contributed by atoms with E-state index in [1.54, 1.807) is 0 Å². The first-order valence-corrected chi connectivity index (χ1v) is 8.92. The Labute approximate surface area is 154 Å². The molecule has 2 heterocycles. The predicted octanol–water partition coefficient (Wildman–Crippen LogP) is 3.49. The van der Waals surface area contributed by atoms with Crippen LogP contribution in [-0.4, -0.2) is 43.5 Å². The summed E-state index contributed by atoms with van der Waals surface area (Å²) < 4.78 is 22.1. The van der Waals surface area contributed by atoms with Crippen LogP contribution in [0.4, 0.5) is 0 Å². The van der Waals surface area contributed by atoms with E-state index >= 15 is 0 Å². The molecule has 1 aliphatic rings. The Morgan fingerprint density at radius 3 is 2.42 bits per heavy atom.